The normalized spacial score (nSPS) is 34.4. The van der Waals surface area contributed by atoms with Gasteiger partial charge in [-0.15, -0.1) is 0 Å². The summed E-state index contributed by atoms with van der Waals surface area (Å²) in [6, 6.07) is -0.0500. The summed E-state index contributed by atoms with van der Waals surface area (Å²) >= 11 is 0. The van der Waals surface area contributed by atoms with E-state index in [2.05, 4.69) is 5.32 Å². The topological polar surface area (TPSA) is 75.6 Å². The van der Waals surface area contributed by atoms with Crippen LogP contribution in [-0.4, -0.2) is 28.8 Å². The van der Waals surface area contributed by atoms with Crippen molar-refractivity contribution in [2.45, 2.75) is 51.7 Å². The lowest BCUT2D eigenvalue weighted by Gasteiger charge is -2.49. The molecule has 0 spiro atoms. The van der Waals surface area contributed by atoms with Gasteiger partial charge in [0.1, 0.15) is 5.60 Å². The second kappa shape index (κ2) is 4.44. The first kappa shape index (κ1) is 13.2. The van der Waals surface area contributed by atoms with E-state index < -0.39 is 17.7 Å². The molecular weight excluding hydrogens is 234 g/mol. The molecular formula is C13H21NO4. The van der Waals surface area contributed by atoms with Crippen molar-refractivity contribution in [3.63, 3.8) is 0 Å². The van der Waals surface area contributed by atoms with Crippen LogP contribution in [0.3, 0.4) is 0 Å². The van der Waals surface area contributed by atoms with Gasteiger partial charge in [0.2, 0.25) is 0 Å². The largest absolute Gasteiger partial charge is 0.481 e. The van der Waals surface area contributed by atoms with Crippen LogP contribution in [0.25, 0.3) is 0 Å². The Morgan fingerprint density at radius 2 is 1.78 bits per heavy atom. The molecule has 0 aromatic carbocycles. The highest BCUT2D eigenvalue weighted by Gasteiger charge is 2.49. The molecule has 3 aliphatic rings. The van der Waals surface area contributed by atoms with Crippen molar-refractivity contribution in [1.29, 1.82) is 0 Å². The molecule has 3 aliphatic carbocycles. The number of nitrogens with one attached hydrogen (secondary N) is 1. The highest BCUT2D eigenvalue weighted by molar-refractivity contribution is 5.72. The molecule has 18 heavy (non-hydrogen) atoms. The van der Waals surface area contributed by atoms with E-state index in [-0.39, 0.29) is 12.0 Å². The molecule has 0 radical (unpaired) electrons. The fraction of sp³-hybridized carbons (Fsp3) is 0.846. The van der Waals surface area contributed by atoms with Crippen molar-refractivity contribution >= 4 is 12.1 Å². The van der Waals surface area contributed by atoms with Crippen LogP contribution < -0.4 is 5.32 Å². The SMILES string of the molecule is CC(C)(C)OC(=O)N[C@@H]1C[C@H](C(=O)O)C2CC1C2. The van der Waals surface area contributed by atoms with E-state index in [0.717, 1.165) is 12.8 Å². The van der Waals surface area contributed by atoms with Gasteiger partial charge in [0, 0.05) is 6.04 Å². The maximum atomic E-state index is 11.7. The number of fused-ring (bicyclic) bond motifs is 2. The van der Waals surface area contributed by atoms with Gasteiger partial charge in [-0.2, -0.15) is 0 Å². The molecule has 0 heterocycles. The van der Waals surface area contributed by atoms with Gasteiger partial charge in [-0.3, -0.25) is 4.79 Å². The minimum absolute atomic E-state index is 0.0500. The second-order valence-electron chi connectivity index (χ2n) is 6.42. The first-order chi connectivity index (χ1) is 8.26. The summed E-state index contributed by atoms with van der Waals surface area (Å²) in [5, 5.41) is 12.0. The number of carboxylic acid groups (broad SMARTS) is 1. The third-order valence-corrected chi connectivity index (χ3v) is 3.88. The zero-order valence-corrected chi connectivity index (χ0v) is 11.1. The third kappa shape index (κ3) is 2.76. The lowest BCUT2D eigenvalue weighted by molar-refractivity contribution is -0.150. The molecule has 3 rings (SSSR count). The lowest BCUT2D eigenvalue weighted by Crippen LogP contribution is -2.55. The maximum absolute atomic E-state index is 11.7. The lowest BCUT2D eigenvalue weighted by atomic mass is 9.58. The molecule has 3 fully saturated rings. The van der Waals surface area contributed by atoms with Gasteiger partial charge < -0.3 is 15.2 Å². The summed E-state index contributed by atoms with van der Waals surface area (Å²) in [6.45, 7) is 5.44. The highest BCUT2D eigenvalue weighted by atomic mass is 16.6. The molecule has 1 amide bonds. The molecule has 2 N–H and O–H groups in total. The molecule has 2 atom stereocenters. The van der Waals surface area contributed by atoms with Crippen LogP contribution in [-0.2, 0) is 9.53 Å². The molecule has 0 unspecified atom stereocenters. The summed E-state index contributed by atoms with van der Waals surface area (Å²) < 4.78 is 5.20. The number of carboxylic acids is 1. The van der Waals surface area contributed by atoms with Gasteiger partial charge in [-0.1, -0.05) is 0 Å². The number of hydrogen-bond acceptors (Lipinski definition) is 3. The van der Waals surface area contributed by atoms with E-state index in [1.165, 1.54) is 0 Å². The summed E-state index contributed by atoms with van der Waals surface area (Å²) in [7, 11) is 0. The standard InChI is InChI=1S/C13H21NO4/c1-13(2,3)18-12(17)14-10-6-9(11(15)16)7-4-8(10)5-7/h7-10H,4-6H2,1-3H3,(H,14,17)(H,15,16)/t7?,8?,9-,10+/m0/s1. The average Bonchev–Trinajstić information content (AvgIpc) is 2.11. The average molecular weight is 255 g/mol. The molecule has 102 valence electrons. The molecule has 2 bridgehead atoms. The van der Waals surface area contributed by atoms with Crippen molar-refractivity contribution < 1.29 is 19.4 Å². The number of hydrogen-bond donors (Lipinski definition) is 2. The Hall–Kier alpha value is -1.26. The van der Waals surface area contributed by atoms with Crippen LogP contribution in [0.1, 0.15) is 40.0 Å². The Morgan fingerprint density at radius 3 is 2.28 bits per heavy atom. The molecule has 0 aromatic heterocycles. The van der Waals surface area contributed by atoms with Gasteiger partial charge in [-0.05, 0) is 51.9 Å². The Balaban J connectivity index is 1.90. The Labute approximate surface area is 107 Å². The maximum Gasteiger partial charge on any atom is 0.407 e. The zero-order chi connectivity index (χ0) is 13.5. The predicted molar refractivity (Wildman–Crippen MR) is 65.1 cm³/mol. The van der Waals surface area contributed by atoms with Crippen molar-refractivity contribution in [1.82, 2.24) is 5.32 Å². The minimum atomic E-state index is -0.742. The van der Waals surface area contributed by atoms with Gasteiger partial charge in [-0.25, -0.2) is 4.79 Å². The van der Waals surface area contributed by atoms with Crippen LogP contribution in [0, 0.1) is 17.8 Å². The number of carbonyl (C=O) groups excluding carboxylic acids is 1. The van der Waals surface area contributed by atoms with E-state index in [1.54, 1.807) is 0 Å². The fourth-order valence-electron chi connectivity index (χ4n) is 2.96. The molecule has 3 saturated carbocycles. The molecule has 5 heteroatoms. The zero-order valence-electron chi connectivity index (χ0n) is 11.1. The van der Waals surface area contributed by atoms with Crippen molar-refractivity contribution in [2.75, 3.05) is 0 Å². The number of amides is 1. The van der Waals surface area contributed by atoms with Crippen LogP contribution in [0.2, 0.25) is 0 Å². The highest BCUT2D eigenvalue weighted by Crippen LogP contribution is 2.49. The molecule has 5 nitrogen and oxygen atoms in total. The third-order valence-electron chi connectivity index (χ3n) is 3.88. The Bertz CT molecular complexity index is 354. The van der Waals surface area contributed by atoms with E-state index in [0.29, 0.717) is 18.3 Å². The number of carbonyl (C=O) groups is 2. The quantitative estimate of drug-likeness (QED) is 0.791. The van der Waals surface area contributed by atoms with Gasteiger partial charge in [0.05, 0.1) is 5.92 Å². The number of alkyl carbamates (subject to hydrolysis) is 1. The Kier molecular flexibility index (Phi) is 3.25. The first-order valence-corrected chi connectivity index (χ1v) is 6.48. The summed E-state index contributed by atoms with van der Waals surface area (Å²) in [6.07, 6.45) is 1.92. The van der Waals surface area contributed by atoms with Gasteiger partial charge >= 0.3 is 12.1 Å². The number of ether oxygens (including phenoxy) is 1. The molecule has 0 aromatic rings. The smallest absolute Gasteiger partial charge is 0.407 e. The second-order valence-corrected chi connectivity index (χ2v) is 6.42. The summed E-state index contributed by atoms with van der Waals surface area (Å²) in [4.78, 5) is 22.8. The number of aliphatic carboxylic acids is 1. The van der Waals surface area contributed by atoms with Crippen molar-refractivity contribution in [2.24, 2.45) is 17.8 Å². The first-order valence-electron chi connectivity index (χ1n) is 6.48. The van der Waals surface area contributed by atoms with Crippen LogP contribution in [0.15, 0.2) is 0 Å². The molecule has 0 aliphatic heterocycles. The molecule has 0 saturated heterocycles. The van der Waals surface area contributed by atoms with Crippen molar-refractivity contribution in [3.8, 4) is 0 Å². The van der Waals surface area contributed by atoms with Crippen LogP contribution in [0.4, 0.5) is 4.79 Å². The number of rotatable bonds is 2. The minimum Gasteiger partial charge on any atom is -0.481 e. The monoisotopic (exact) mass is 255 g/mol. The van der Waals surface area contributed by atoms with Crippen molar-refractivity contribution in [3.05, 3.63) is 0 Å². The van der Waals surface area contributed by atoms with E-state index >= 15 is 0 Å². The van der Waals surface area contributed by atoms with E-state index in [9.17, 15) is 9.59 Å². The van der Waals surface area contributed by atoms with Gasteiger partial charge in [0.15, 0.2) is 0 Å². The summed E-state index contributed by atoms with van der Waals surface area (Å²) in [5.74, 6) is -0.314. The summed E-state index contributed by atoms with van der Waals surface area (Å²) in [5.41, 5.74) is -0.521. The fourth-order valence-corrected chi connectivity index (χ4v) is 2.96. The predicted octanol–water partition coefficient (Wildman–Crippen LogP) is 2.01. The Morgan fingerprint density at radius 1 is 1.17 bits per heavy atom. The van der Waals surface area contributed by atoms with Crippen LogP contribution in [0.5, 0.6) is 0 Å². The van der Waals surface area contributed by atoms with E-state index in [4.69, 9.17) is 9.84 Å². The van der Waals surface area contributed by atoms with Gasteiger partial charge in [0.25, 0.3) is 0 Å². The van der Waals surface area contributed by atoms with Crippen LogP contribution >= 0.6 is 0 Å². The van der Waals surface area contributed by atoms with E-state index in [1.807, 2.05) is 20.8 Å².